The van der Waals surface area contributed by atoms with Crippen LogP contribution in [0, 0.1) is 0 Å². The van der Waals surface area contributed by atoms with Crippen LogP contribution in [0.15, 0.2) is 23.3 Å². The molecular weight excluding hydrogens is 294 g/mol. The Kier molecular flexibility index (Phi) is 6.87. The summed E-state index contributed by atoms with van der Waals surface area (Å²) in [4.78, 5) is 11.8. The van der Waals surface area contributed by atoms with E-state index in [2.05, 4.69) is 15.8 Å². The molecule has 0 atom stereocenters. The second kappa shape index (κ2) is 9.15. The van der Waals surface area contributed by atoms with Crippen LogP contribution in [0.3, 0.4) is 0 Å². The van der Waals surface area contributed by atoms with Crippen LogP contribution in [0.5, 0.6) is 11.5 Å². The van der Waals surface area contributed by atoms with Gasteiger partial charge in [-0.25, -0.2) is 5.43 Å². The lowest BCUT2D eigenvalue weighted by atomic mass is 9.95. The van der Waals surface area contributed by atoms with Crippen LogP contribution in [-0.4, -0.2) is 38.9 Å². The molecule has 6 heteroatoms. The summed E-state index contributed by atoms with van der Waals surface area (Å²) in [5, 5.41) is 7.27. The van der Waals surface area contributed by atoms with Gasteiger partial charge in [-0.1, -0.05) is 25.3 Å². The molecule has 1 saturated carbocycles. The van der Waals surface area contributed by atoms with E-state index in [0.717, 1.165) is 18.4 Å². The van der Waals surface area contributed by atoms with Gasteiger partial charge in [0.15, 0.2) is 11.5 Å². The Morgan fingerprint density at radius 3 is 2.74 bits per heavy atom. The van der Waals surface area contributed by atoms with Crippen LogP contribution < -0.4 is 20.2 Å². The van der Waals surface area contributed by atoms with Crippen molar-refractivity contribution >= 4 is 12.1 Å². The van der Waals surface area contributed by atoms with Crippen molar-refractivity contribution in [3.8, 4) is 11.5 Å². The molecule has 1 fully saturated rings. The highest BCUT2D eigenvalue weighted by molar-refractivity contribution is 5.86. The van der Waals surface area contributed by atoms with E-state index in [-0.39, 0.29) is 12.5 Å². The molecule has 23 heavy (non-hydrogen) atoms. The third-order valence-corrected chi connectivity index (χ3v) is 3.98. The summed E-state index contributed by atoms with van der Waals surface area (Å²) in [5.74, 6) is 1.07. The fraction of sp³-hybridized carbons (Fsp3) is 0.529. The van der Waals surface area contributed by atoms with Gasteiger partial charge in [-0.2, -0.15) is 5.10 Å². The molecule has 1 aromatic carbocycles. The maximum atomic E-state index is 11.8. The summed E-state index contributed by atoms with van der Waals surface area (Å²) in [5.41, 5.74) is 3.27. The van der Waals surface area contributed by atoms with Crippen LogP contribution in [-0.2, 0) is 4.79 Å². The molecule has 0 aliphatic heterocycles. The number of para-hydroxylation sites is 1. The lowest BCUT2D eigenvalue weighted by Crippen LogP contribution is -2.38. The first-order chi connectivity index (χ1) is 11.2. The number of carbonyl (C=O) groups excluding carboxylic acids is 1. The number of rotatable bonds is 7. The van der Waals surface area contributed by atoms with Crippen molar-refractivity contribution in [3.63, 3.8) is 0 Å². The number of benzene rings is 1. The zero-order valence-corrected chi connectivity index (χ0v) is 13.8. The van der Waals surface area contributed by atoms with E-state index in [9.17, 15) is 4.79 Å². The zero-order valence-electron chi connectivity index (χ0n) is 13.8. The average Bonchev–Trinajstić information content (AvgIpc) is 2.60. The van der Waals surface area contributed by atoms with Crippen LogP contribution >= 0.6 is 0 Å². The first kappa shape index (κ1) is 17.3. The van der Waals surface area contributed by atoms with E-state index in [1.165, 1.54) is 19.3 Å². The van der Waals surface area contributed by atoms with Crippen molar-refractivity contribution in [2.45, 2.75) is 38.1 Å². The van der Waals surface area contributed by atoms with Gasteiger partial charge in [0.05, 0.1) is 27.0 Å². The van der Waals surface area contributed by atoms with Gasteiger partial charge in [-0.15, -0.1) is 0 Å². The normalized spacial score (nSPS) is 15.6. The first-order valence-corrected chi connectivity index (χ1v) is 8.01. The summed E-state index contributed by atoms with van der Waals surface area (Å²) >= 11 is 0. The number of ether oxygens (including phenoxy) is 2. The molecule has 0 aromatic heterocycles. The lowest BCUT2D eigenvalue weighted by molar-refractivity contribution is -0.120. The van der Waals surface area contributed by atoms with Crippen LogP contribution in [0.2, 0.25) is 0 Å². The molecule has 1 aliphatic carbocycles. The predicted molar refractivity (Wildman–Crippen MR) is 90.2 cm³/mol. The minimum atomic E-state index is -0.145. The van der Waals surface area contributed by atoms with Gasteiger partial charge >= 0.3 is 0 Å². The summed E-state index contributed by atoms with van der Waals surface area (Å²) in [6.07, 6.45) is 7.65. The van der Waals surface area contributed by atoms with E-state index in [4.69, 9.17) is 9.47 Å². The number of hydrazone groups is 1. The quantitative estimate of drug-likeness (QED) is 0.596. The van der Waals surface area contributed by atoms with Gasteiger partial charge in [-0.05, 0) is 25.0 Å². The van der Waals surface area contributed by atoms with Crippen LogP contribution in [0.25, 0.3) is 0 Å². The van der Waals surface area contributed by atoms with Gasteiger partial charge in [-0.3, -0.25) is 4.79 Å². The zero-order chi connectivity index (χ0) is 16.5. The fourth-order valence-corrected chi connectivity index (χ4v) is 2.77. The third kappa shape index (κ3) is 5.25. The first-order valence-electron chi connectivity index (χ1n) is 8.01. The molecule has 2 rings (SSSR count). The monoisotopic (exact) mass is 319 g/mol. The molecule has 0 saturated heterocycles. The van der Waals surface area contributed by atoms with Crippen LogP contribution in [0.1, 0.15) is 37.7 Å². The molecule has 0 unspecified atom stereocenters. The van der Waals surface area contributed by atoms with Crippen molar-refractivity contribution in [1.82, 2.24) is 10.7 Å². The molecule has 0 heterocycles. The summed E-state index contributed by atoms with van der Waals surface area (Å²) in [7, 11) is 3.15. The number of amides is 1. The Hall–Kier alpha value is -2.08. The van der Waals surface area contributed by atoms with Gasteiger partial charge in [0, 0.05) is 11.6 Å². The smallest absolute Gasteiger partial charge is 0.254 e. The van der Waals surface area contributed by atoms with Gasteiger partial charge in [0.25, 0.3) is 5.91 Å². The molecule has 2 N–H and O–H groups in total. The fourth-order valence-electron chi connectivity index (χ4n) is 2.77. The summed E-state index contributed by atoms with van der Waals surface area (Å²) < 4.78 is 10.5. The number of nitrogens with zero attached hydrogens (tertiary/aromatic N) is 1. The van der Waals surface area contributed by atoms with Gasteiger partial charge < -0.3 is 14.8 Å². The molecule has 1 aromatic rings. The maximum absolute atomic E-state index is 11.8. The van der Waals surface area contributed by atoms with E-state index in [1.807, 2.05) is 18.2 Å². The van der Waals surface area contributed by atoms with Gasteiger partial charge in [0.2, 0.25) is 0 Å². The Labute approximate surface area is 137 Å². The van der Waals surface area contributed by atoms with Crippen LogP contribution in [0.4, 0.5) is 0 Å². The molecule has 0 radical (unpaired) electrons. The average molecular weight is 319 g/mol. The largest absolute Gasteiger partial charge is 0.493 e. The van der Waals surface area contributed by atoms with E-state index >= 15 is 0 Å². The Morgan fingerprint density at radius 2 is 2.04 bits per heavy atom. The molecule has 6 nitrogen and oxygen atoms in total. The molecule has 1 amide bonds. The van der Waals surface area contributed by atoms with E-state index in [1.54, 1.807) is 20.4 Å². The van der Waals surface area contributed by atoms with Crippen molar-refractivity contribution in [2.24, 2.45) is 5.10 Å². The summed E-state index contributed by atoms with van der Waals surface area (Å²) in [6.45, 7) is 0.289. The summed E-state index contributed by atoms with van der Waals surface area (Å²) in [6, 6.07) is 5.95. The minimum Gasteiger partial charge on any atom is -0.493 e. The highest BCUT2D eigenvalue weighted by atomic mass is 16.5. The van der Waals surface area contributed by atoms with Crippen molar-refractivity contribution in [2.75, 3.05) is 20.8 Å². The maximum Gasteiger partial charge on any atom is 0.254 e. The molecular formula is C17H25N3O3. The topological polar surface area (TPSA) is 72.0 Å². The molecule has 0 bridgehead atoms. The molecule has 126 valence electrons. The Morgan fingerprint density at radius 1 is 1.26 bits per heavy atom. The predicted octanol–water partition coefficient (Wildman–Crippen LogP) is 2.08. The standard InChI is InChI=1S/C17H25N3O3/c1-22-15-10-6-7-13(17(15)23-2)11-19-20-16(21)12-18-14-8-4-3-5-9-14/h6-7,10-11,14,18H,3-5,8-9,12H2,1-2H3,(H,20,21)/b19-11-. The Bertz CT molecular complexity index is 540. The lowest BCUT2D eigenvalue weighted by Gasteiger charge is -2.22. The number of hydrogen-bond acceptors (Lipinski definition) is 5. The number of nitrogens with one attached hydrogen (secondary N) is 2. The van der Waals surface area contributed by atoms with E-state index in [0.29, 0.717) is 17.5 Å². The second-order valence-electron chi connectivity index (χ2n) is 5.59. The Balaban J connectivity index is 1.82. The molecule has 1 aliphatic rings. The molecule has 0 spiro atoms. The van der Waals surface area contributed by atoms with Crippen molar-refractivity contribution < 1.29 is 14.3 Å². The third-order valence-electron chi connectivity index (χ3n) is 3.98. The number of hydrogen-bond donors (Lipinski definition) is 2. The van der Waals surface area contributed by atoms with Crippen molar-refractivity contribution in [3.05, 3.63) is 23.8 Å². The SMILES string of the molecule is COc1cccc(/C=N\NC(=O)CNC2CCCCC2)c1OC. The second-order valence-corrected chi connectivity index (χ2v) is 5.59. The van der Waals surface area contributed by atoms with Gasteiger partial charge in [0.1, 0.15) is 0 Å². The number of methoxy groups -OCH3 is 2. The van der Waals surface area contributed by atoms with E-state index < -0.39 is 0 Å². The van der Waals surface area contributed by atoms with Crippen molar-refractivity contribution in [1.29, 1.82) is 0 Å². The number of carbonyl (C=O) groups is 1. The highest BCUT2D eigenvalue weighted by Gasteiger charge is 2.13. The minimum absolute atomic E-state index is 0.145. The highest BCUT2D eigenvalue weighted by Crippen LogP contribution is 2.29.